The van der Waals surface area contributed by atoms with Crippen LogP contribution in [0, 0.1) is 0 Å². The molecule has 0 aliphatic heterocycles. The van der Waals surface area contributed by atoms with E-state index in [1.165, 1.54) is 11.8 Å². The Morgan fingerprint density at radius 3 is 2.76 bits per heavy atom. The van der Waals surface area contributed by atoms with Crippen LogP contribution in [0.5, 0.6) is 0 Å². The van der Waals surface area contributed by atoms with E-state index >= 15 is 0 Å². The molecule has 2 aromatic heterocycles. The molecule has 0 aliphatic rings. The molecule has 0 unspecified atom stereocenters. The van der Waals surface area contributed by atoms with Gasteiger partial charge in [-0.1, -0.05) is 11.2 Å². The minimum absolute atomic E-state index is 0.539. The van der Waals surface area contributed by atoms with Crippen molar-refractivity contribution in [1.29, 1.82) is 0 Å². The lowest BCUT2D eigenvalue weighted by molar-refractivity contribution is 0.321. The molecule has 17 heavy (non-hydrogen) atoms. The molecule has 0 atom stereocenters. The molecule has 0 aromatic carbocycles. The van der Waals surface area contributed by atoms with E-state index in [1.54, 1.807) is 12.3 Å². The number of hydrogen-bond donors (Lipinski definition) is 1. The molecule has 86 valence electrons. The first-order valence-corrected chi connectivity index (χ1v) is 5.27. The van der Waals surface area contributed by atoms with Crippen LogP contribution >= 0.6 is 0 Å². The van der Waals surface area contributed by atoms with Crippen molar-refractivity contribution in [3.63, 3.8) is 0 Å². The predicted octanol–water partition coefficient (Wildman–Crippen LogP) is 1.46. The van der Waals surface area contributed by atoms with Crippen LogP contribution < -0.4 is 0 Å². The van der Waals surface area contributed by atoms with Crippen molar-refractivity contribution in [3.05, 3.63) is 53.6 Å². The first-order valence-electron chi connectivity index (χ1n) is 5.27. The number of aromatic nitrogens is 3. The minimum atomic E-state index is 0.539. The van der Waals surface area contributed by atoms with E-state index in [4.69, 9.17) is 5.21 Å². The molecule has 0 amide bonds. The number of aryl methyl sites for hydroxylation is 2. The second-order valence-corrected chi connectivity index (χ2v) is 3.56. The monoisotopic (exact) mass is 228 g/mol. The third kappa shape index (κ3) is 3.34. The smallest absolute Gasteiger partial charge is 0.107 e. The van der Waals surface area contributed by atoms with Crippen molar-refractivity contribution < 1.29 is 5.21 Å². The highest BCUT2D eigenvalue weighted by atomic mass is 16.4. The highest BCUT2D eigenvalue weighted by molar-refractivity contribution is 5.75. The molecule has 5 heteroatoms. The normalized spacial score (nSPS) is 10.8. The summed E-state index contributed by atoms with van der Waals surface area (Å²) in [7, 11) is 0. The quantitative estimate of drug-likeness (QED) is 0.488. The summed E-state index contributed by atoms with van der Waals surface area (Å²) >= 11 is 0. The molecule has 2 heterocycles. The van der Waals surface area contributed by atoms with Gasteiger partial charge in [-0.25, -0.2) is 0 Å². The standard InChI is InChI=1S/C12H12N4O/c17-14-9-12-6-5-11(15-16-12)4-3-10-2-1-7-13-8-10/h1-2,5-9,17H,3-4H2/b14-9+. The molecule has 1 N–H and O–H groups in total. The Kier molecular flexibility index (Phi) is 3.75. The molecule has 0 aliphatic carbocycles. The summed E-state index contributed by atoms with van der Waals surface area (Å²) in [6.45, 7) is 0. The summed E-state index contributed by atoms with van der Waals surface area (Å²) in [5, 5.41) is 19.2. The molecule has 2 aromatic rings. The van der Waals surface area contributed by atoms with E-state index in [9.17, 15) is 0 Å². The molecule has 0 spiro atoms. The summed E-state index contributed by atoms with van der Waals surface area (Å²) in [5.74, 6) is 0. The largest absolute Gasteiger partial charge is 0.411 e. The zero-order valence-electron chi connectivity index (χ0n) is 9.19. The summed E-state index contributed by atoms with van der Waals surface area (Å²) in [4.78, 5) is 4.05. The predicted molar refractivity (Wildman–Crippen MR) is 63.1 cm³/mol. The van der Waals surface area contributed by atoms with Gasteiger partial charge in [0.15, 0.2) is 0 Å². The Morgan fingerprint density at radius 2 is 2.12 bits per heavy atom. The highest BCUT2D eigenvalue weighted by Gasteiger charge is 1.98. The van der Waals surface area contributed by atoms with Gasteiger partial charge in [-0.3, -0.25) is 4.98 Å². The molecule has 0 radical (unpaired) electrons. The van der Waals surface area contributed by atoms with Gasteiger partial charge in [-0.05, 0) is 36.6 Å². The third-order valence-corrected chi connectivity index (χ3v) is 2.32. The average molecular weight is 228 g/mol. The molecule has 0 fully saturated rings. The van der Waals surface area contributed by atoms with Crippen LogP contribution in [0.25, 0.3) is 0 Å². The van der Waals surface area contributed by atoms with Crippen LogP contribution in [0.2, 0.25) is 0 Å². The summed E-state index contributed by atoms with van der Waals surface area (Å²) < 4.78 is 0. The van der Waals surface area contributed by atoms with E-state index in [1.807, 2.05) is 24.4 Å². The van der Waals surface area contributed by atoms with E-state index < -0.39 is 0 Å². The van der Waals surface area contributed by atoms with Gasteiger partial charge in [0.1, 0.15) is 5.69 Å². The number of nitrogens with zero attached hydrogens (tertiary/aromatic N) is 4. The van der Waals surface area contributed by atoms with Crippen molar-refractivity contribution >= 4 is 6.21 Å². The van der Waals surface area contributed by atoms with E-state index in [0.29, 0.717) is 5.69 Å². The van der Waals surface area contributed by atoms with Crippen LogP contribution in [0.3, 0.4) is 0 Å². The molecular formula is C12H12N4O. The fraction of sp³-hybridized carbons (Fsp3) is 0.167. The van der Waals surface area contributed by atoms with Gasteiger partial charge in [0.2, 0.25) is 0 Å². The Labute approximate surface area is 98.9 Å². The maximum absolute atomic E-state index is 8.34. The Hall–Kier alpha value is -2.30. The molecular weight excluding hydrogens is 216 g/mol. The topological polar surface area (TPSA) is 71.3 Å². The van der Waals surface area contributed by atoms with E-state index in [-0.39, 0.29) is 0 Å². The summed E-state index contributed by atoms with van der Waals surface area (Å²) in [5.41, 5.74) is 2.62. The van der Waals surface area contributed by atoms with Gasteiger partial charge in [-0.15, -0.1) is 5.10 Å². The van der Waals surface area contributed by atoms with E-state index in [0.717, 1.165) is 18.5 Å². The highest BCUT2D eigenvalue weighted by Crippen LogP contribution is 2.03. The first-order chi connectivity index (χ1) is 8.38. The second-order valence-electron chi connectivity index (χ2n) is 3.56. The van der Waals surface area contributed by atoms with Gasteiger partial charge >= 0.3 is 0 Å². The zero-order valence-corrected chi connectivity index (χ0v) is 9.19. The maximum atomic E-state index is 8.34. The lowest BCUT2D eigenvalue weighted by atomic mass is 10.1. The number of oxime groups is 1. The second kappa shape index (κ2) is 5.69. The van der Waals surface area contributed by atoms with Gasteiger partial charge in [0.05, 0.1) is 11.9 Å². The Balaban J connectivity index is 1.95. The molecule has 0 saturated carbocycles. The van der Waals surface area contributed by atoms with Crippen LogP contribution in [0.4, 0.5) is 0 Å². The third-order valence-electron chi connectivity index (χ3n) is 2.32. The van der Waals surface area contributed by atoms with Crippen molar-refractivity contribution in [3.8, 4) is 0 Å². The number of rotatable bonds is 4. The fourth-order valence-electron chi connectivity index (χ4n) is 1.45. The van der Waals surface area contributed by atoms with Crippen molar-refractivity contribution in [2.45, 2.75) is 12.8 Å². The van der Waals surface area contributed by atoms with Crippen LogP contribution in [0.1, 0.15) is 17.0 Å². The SMILES string of the molecule is O/N=C/c1ccc(CCc2cccnc2)nn1. The van der Waals surface area contributed by atoms with Gasteiger partial charge in [0.25, 0.3) is 0 Å². The summed E-state index contributed by atoms with van der Waals surface area (Å²) in [6.07, 6.45) is 6.55. The van der Waals surface area contributed by atoms with Crippen molar-refractivity contribution in [1.82, 2.24) is 15.2 Å². The number of hydrogen-bond acceptors (Lipinski definition) is 5. The lowest BCUT2D eigenvalue weighted by Crippen LogP contribution is -1.99. The van der Waals surface area contributed by atoms with Gasteiger partial charge in [0, 0.05) is 12.4 Å². The Morgan fingerprint density at radius 1 is 1.18 bits per heavy atom. The number of pyridine rings is 1. The Bertz CT molecular complexity index is 482. The molecule has 5 nitrogen and oxygen atoms in total. The maximum Gasteiger partial charge on any atom is 0.107 e. The van der Waals surface area contributed by atoms with Gasteiger partial charge in [-0.2, -0.15) is 5.10 Å². The molecule has 0 bridgehead atoms. The first kappa shape index (κ1) is 11.2. The van der Waals surface area contributed by atoms with E-state index in [2.05, 4.69) is 20.3 Å². The zero-order chi connectivity index (χ0) is 11.9. The van der Waals surface area contributed by atoms with Crippen LogP contribution in [-0.4, -0.2) is 26.6 Å². The lowest BCUT2D eigenvalue weighted by Gasteiger charge is -2.00. The van der Waals surface area contributed by atoms with Crippen molar-refractivity contribution in [2.24, 2.45) is 5.16 Å². The van der Waals surface area contributed by atoms with Crippen LogP contribution in [0.15, 0.2) is 41.8 Å². The molecule has 2 rings (SSSR count). The minimum Gasteiger partial charge on any atom is -0.411 e. The summed E-state index contributed by atoms with van der Waals surface area (Å²) in [6, 6.07) is 7.60. The van der Waals surface area contributed by atoms with Crippen molar-refractivity contribution in [2.75, 3.05) is 0 Å². The fourth-order valence-corrected chi connectivity index (χ4v) is 1.45. The molecule has 0 saturated heterocycles. The van der Waals surface area contributed by atoms with Gasteiger partial charge < -0.3 is 5.21 Å². The van der Waals surface area contributed by atoms with Crippen LogP contribution in [-0.2, 0) is 12.8 Å². The average Bonchev–Trinajstić information content (AvgIpc) is 2.40.